The van der Waals surface area contributed by atoms with Gasteiger partial charge < -0.3 is 14.8 Å². The topological polar surface area (TPSA) is 72.0 Å². The Bertz CT molecular complexity index is 661. The van der Waals surface area contributed by atoms with Crippen molar-refractivity contribution in [2.24, 2.45) is 5.10 Å². The van der Waals surface area contributed by atoms with Gasteiger partial charge in [0.2, 0.25) is 0 Å². The molecule has 0 saturated heterocycles. The molecule has 142 valence electrons. The van der Waals surface area contributed by atoms with Crippen LogP contribution in [-0.2, 0) is 16.0 Å². The second kappa shape index (κ2) is 10.8. The summed E-state index contributed by atoms with van der Waals surface area (Å²) in [6, 6.07) is 6.10. The molecule has 0 atom stereocenters. The highest BCUT2D eigenvalue weighted by atomic mass is 32.1. The number of fused-ring (bicyclic) bond motifs is 1. The van der Waals surface area contributed by atoms with Crippen molar-refractivity contribution in [2.45, 2.75) is 44.9 Å². The largest absolute Gasteiger partial charge is 0.497 e. The summed E-state index contributed by atoms with van der Waals surface area (Å²) in [5.74, 6) is 0.721. The molecular formula is C19H27N3O3S. The Morgan fingerprint density at radius 2 is 2.08 bits per heavy atom. The van der Waals surface area contributed by atoms with Gasteiger partial charge in [-0.3, -0.25) is 10.2 Å². The Balaban J connectivity index is 1.74. The zero-order valence-electron chi connectivity index (χ0n) is 15.5. The summed E-state index contributed by atoms with van der Waals surface area (Å²) in [7, 11) is 3.09. The van der Waals surface area contributed by atoms with Crippen molar-refractivity contribution in [2.75, 3.05) is 20.8 Å². The van der Waals surface area contributed by atoms with Gasteiger partial charge in [-0.1, -0.05) is 6.42 Å². The number of aryl methyl sites for hydroxylation is 1. The molecule has 0 spiro atoms. The fourth-order valence-corrected chi connectivity index (χ4v) is 3.06. The van der Waals surface area contributed by atoms with Crippen LogP contribution >= 0.6 is 12.2 Å². The number of esters is 1. The smallest absolute Gasteiger partial charge is 0.305 e. The van der Waals surface area contributed by atoms with Crippen molar-refractivity contribution in [1.29, 1.82) is 0 Å². The van der Waals surface area contributed by atoms with Crippen LogP contribution in [0.25, 0.3) is 0 Å². The number of ether oxygens (including phenoxy) is 2. The van der Waals surface area contributed by atoms with Crippen molar-refractivity contribution in [1.82, 2.24) is 10.7 Å². The van der Waals surface area contributed by atoms with Gasteiger partial charge in [-0.15, -0.1) is 0 Å². The van der Waals surface area contributed by atoms with Gasteiger partial charge >= 0.3 is 5.97 Å². The quantitative estimate of drug-likeness (QED) is 0.314. The number of nitrogens with zero attached hydrogens (tertiary/aromatic N) is 1. The van der Waals surface area contributed by atoms with E-state index in [1.54, 1.807) is 7.11 Å². The Morgan fingerprint density at radius 1 is 1.23 bits per heavy atom. The second-order valence-corrected chi connectivity index (χ2v) is 6.60. The Morgan fingerprint density at radius 3 is 2.85 bits per heavy atom. The van der Waals surface area contributed by atoms with E-state index in [4.69, 9.17) is 17.0 Å². The van der Waals surface area contributed by atoms with Crippen molar-refractivity contribution in [3.63, 3.8) is 0 Å². The second-order valence-electron chi connectivity index (χ2n) is 6.19. The molecule has 0 aromatic heterocycles. The van der Waals surface area contributed by atoms with Crippen LogP contribution in [0.3, 0.4) is 0 Å². The zero-order chi connectivity index (χ0) is 18.8. The zero-order valence-corrected chi connectivity index (χ0v) is 16.3. The van der Waals surface area contributed by atoms with Crippen LogP contribution in [0.2, 0.25) is 0 Å². The maximum absolute atomic E-state index is 11.0. The Kier molecular flexibility index (Phi) is 8.34. The van der Waals surface area contributed by atoms with Crippen LogP contribution in [0.15, 0.2) is 23.3 Å². The first-order valence-corrected chi connectivity index (χ1v) is 9.39. The average Bonchev–Trinajstić information content (AvgIpc) is 2.68. The van der Waals surface area contributed by atoms with E-state index in [-0.39, 0.29) is 5.97 Å². The molecule has 0 aliphatic heterocycles. The summed E-state index contributed by atoms with van der Waals surface area (Å²) in [4.78, 5) is 11.0. The minimum absolute atomic E-state index is 0.156. The standard InChI is InChI=1S/C19H27N3O3S/c1-24-15-10-11-16-14(13-15)7-6-8-17(16)21-22-19(26)20-12-5-3-4-9-18(23)25-2/h10-11,13H,3-9,12H2,1-2H3,(H2,20,22,26)/b21-17-. The number of unbranched alkanes of at least 4 members (excludes halogenated alkanes) is 2. The fraction of sp³-hybridized carbons (Fsp3) is 0.526. The number of hydrogen-bond acceptors (Lipinski definition) is 5. The number of carbonyl (C=O) groups is 1. The van der Waals surface area contributed by atoms with E-state index in [2.05, 4.69) is 32.7 Å². The van der Waals surface area contributed by atoms with Gasteiger partial charge in [0.15, 0.2) is 5.11 Å². The highest BCUT2D eigenvalue weighted by Crippen LogP contribution is 2.25. The molecule has 0 bridgehead atoms. The number of methoxy groups -OCH3 is 2. The predicted octanol–water partition coefficient (Wildman–Crippen LogP) is 2.93. The van der Waals surface area contributed by atoms with Crippen molar-refractivity contribution < 1.29 is 14.3 Å². The van der Waals surface area contributed by atoms with Gasteiger partial charge in [0.25, 0.3) is 0 Å². The first-order valence-electron chi connectivity index (χ1n) is 8.98. The van der Waals surface area contributed by atoms with Gasteiger partial charge in [0, 0.05) is 18.5 Å². The van der Waals surface area contributed by atoms with Gasteiger partial charge in [-0.05, 0) is 68.1 Å². The number of rotatable bonds is 8. The predicted molar refractivity (Wildman–Crippen MR) is 107 cm³/mol. The Labute approximate surface area is 160 Å². The van der Waals surface area contributed by atoms with E-state index >= 15 is 0 Å². The lowest BCUT2D eigenvalue weighted by Crippen LogP contribution is -2.33. The van der Waals surface area contributed by atoms with Gasteiger partial charge in [0.05, 0.1) is 19.9 Å². The lowest BCUT2D eigenvalue weighted by atomic mass is 9.90. The summed E-state index contributed by atoms with van der Waals surface area (Å²) in [5, 5.41) is 8.15. The highest BCUT2D eigenvalue weighted by Gasteiger charge is 2.16. The van der Waals surface area contributed by atoms with Crippen LogP contribution < -0.4 is 15.5 Å². The normalized spacial score (nSPS) is 14.5. The van der Waals surface area contributed by atoms with E-state index in [1.807, 2.05) is 6.07 Å². The van der Waals surface area contributed by atoms with Gasteiger partial charge in [-0.25, -0.2) is 0 Å². The SMILES string of the molecule is COC(=O)CCCCCNC(=S)N/N=C1/CCCc2cc(OC)ccc21. The monoisotopic (exact) mass is 377 g/mol. The molecule has 6 nitrogen and oxygen atoms in total. The molecule has 1 aliphatic carbocycles. The lowest BCUT2D eigenvalue weighted by Gasteiger charge is -2.19. The van der Waals surface area contributed by atoms with Crippen LogP contribution in [0.4, 0.5) is 0 Å². The average molecular weight is 378 g/mol. The lowest BCUT2D eigenvalue weighted by molar-refractivity contribution is -0.140. The van der Waals surface area contributed by atoms with Gasteiger partial charge in [0.1, 0.15) is 5.75 Å². The summed E-state index contributed by atoms with van der Waals surface area (Å²) in [5.41, 5.74) is 6.39. The molecule has 7 heteroatoms. The Hall–Kier alpha value is -2.15. The highest BCUT2D eigenvalue weighted by molar-refractivity contribution is 7.80. The number of thiocarbonyl (C=S) groups is 1. The van der Waals surface area contributed by atoms with Gasteiger partial charge in [-0.2, -0.15) is 5.10 Å². The minimum atomic E-state index is -0.156. The van der Waals surface area contributed by atoms with E-state index in [1.165, 1.54) is 12.7 Å². The maximum atomic E-state index is 11.0. The third-order valence-electron chi connectivity index (χ3n) is 4.35. The molecule has 1 aromatic carbocycles. The fourth-order valence-electron chi connectivity index (χ4n) is 2.92. The molecule has 0 heterocycles. The molecular weight excluding hydrogens is 350 g/mol. The van der Waals surface area contributed by atoms with Crippen molar-refractivity contribution in [3.05, 3.63) is 29.3 Å². The van der Waals surface area contributed by atoms with Crippen molar-refractivity contribution in [3.8, 4) is 5.75 Å². The maximum Gasteiger partial charge on any atom is 0.305 e. The molecule has 2 rings (SSSR count). The molecule has 0 radical (unpaired) electrons. The van der Waals surface area contributed by atoms with Crippen LogP contribution in [0.1, 0.15) is 49.7 Å². The molecule has 1 aliphatic rings. The number of hydrazone groups is 1. The summed E-state index contributed by atoms with van der Waals surface area (Å²) in [6.07, 6.45) is 6.24. The molecule has 26 heavy (non-hydrogen) atoms. The van der Waals surface area contributed by atoms with Crippen LogP contribution in [0, 0.1) is 0 Å². The number of benzene rings is 1. The molecule has 2 N–H and O–H groups in total. The first-order chi connectivity index (χ1) is 12.6. The minimum Gasteiger partial charge on any atom is -0.497 e. The van der Waals surface area contributed by atoms with Crippen molar-refractivity contribution >= 4 is 29.0 Å². The first kappa shape index (κ1) is 20.2. The van der Waals surface area contributed by atoms with E-state index in [9.17, 15) is 4.79 Å². The van der Waals surface area contributed by atoms with E-state index in [0.29, 0.717) is 11.5 Å². The summed E-state index contributed by atoms with van der Waals surface area (Å²) in [6.45, 7) is 0.756. The number of nitrogens with one attached hydrogen (secondary N) is 2. The number of hydrogen-bond donors (Lipinski definition) is 2. The van der Waals surface area contributed by atoms with Crippen LogP contribution in [0.5, 0.6) is 5.75 Å². The number of carbonyl (C=O) groups excluding carboxylic acids is 1. The van der Waals surface area contributed by atoms with E-state index < -0.39 is 0 Å². The molecule has 0 fully saturated rings. The van der Waals surface area contributed by atoms with E-state index in [0.717, 1.165) is 62.1 Å². The molecule has 1 aromatic rings. The molecule has 0 amide bonds. The molecule has 0 saturated carbocycles. The molecule has 0 unspecified atom stereocenters. The summed E-state index contributed by atoms with van der Waals surface area (Å²) < 4.78 is 9.91. The third-order valence-corrected chi connectivity index (χ3v) is 4.58. The summed E-state index contributed by atoms with van der Waals surface area (Å²) >= 11 is 5.28. The van der Waals surface area contributed by atoms with Crippen LogP contribution in [-0.4, -0.2) is 37.6 Å². The third kappa shape index (κ3) is 6.29.